The van der Waals surface area contributed by atoms with Crippen molar-refractivity contribution >= 4 is 23.2 Å². The third-order valence-corrected chi connectivity index (χ3v) is 2.66. The van der Waals surface area contributed by atoms with Gasteiger partial charge in [-0.3, -0.25) is 0 Å². The normalized spacial score (nSPS) is 12.9. The molecule has 126 valence electrons. The third kappa shape index (κ3) is 4.90. The molecule has 0 amide bonds. The van der Waals surface area contributed by atoms with Crippen LogP contribution in [0.25, 0.3) is 0 Å². The summed E-state index contributed by atoms with van der Waals surface area (Å²) in [7, 11) is 1.54. The number of hydrogen-bond donors (Lipinski definition) is 3. The highest BCUT2D eigenvalue weighted by Crippen LogP contribution is 2.33. The lowest BCUT2D eigenvalue weighted by atomic mass is 10.1. The van der Waals surface area contributed by atoms with E-state index in [1.807, 2.05) is 0 Å². The van der Waals surface area contributed by atoms with Crippen LogP contribution in [0.15, 0.2) is 35.0 Å². The number of anilines is 1. The van der Waals surface area contributed by atoms with Crippen LogP contribution in [0.4, 0.5) is 24.5 Å². The number of alkyl halides is 3. The van der Waals surface area contributed by atoms with Gasteiger partial charge in [0.15, 0.2) is 0 Å². The van der Waals surface area contributed by atoms with Crippen LogP contribution in [-0.4, -0.2) is 25.5 Å². The van der Waals surface area contributed by atoms with Crippen molar-refractivity contribution in [3.63, 3.8) is 0 Å². The molecule has 6 nitrogen and oxygen atoms in total. The molecular formula is C14H17F3N4O2. The molecule has 1 aromatic carbocycles. The summed E-state index contributed by atoms with van der Waals surface area (Å²) in [5.74, 6) is -0.946. The first-order valence-corrected chi connectivity index (χ1v) is 6.56. The van der Waals surface area contributed by atoms with E-state index in [-0.39, 0.29) is 29.4 Å². The van der Waals surface area contributed by atoms with Crippen LogP contribution in [0.5, 0.6) is 0 Å². The zero-order chi connectivity index (χ0) is 17.6. The second-order valence-electron chi connectivity index (χ2n) is 4.34. The van der Waals surface area contributed by atoms with Gasteiger partial charge in [-0.25, -0.2) is 9.79 Å². The Labute approximate surface area is 131 Å². The van der Waals surface area contributed by atoms with E-state index in [4.69, 9.17) is 16.2 Å². The Kier molecular flexibility index (Phi) is 6.00. The average Bonchev–Trinajstić information content (AvgIpc) is 2.45. The first-order valence-electron chi connectivity index (χ1n) is 6.56. The first-order chi connectivity index (χ1) is 10.7. The maximum absolute atomic E-state index is 12.6. The van der Waals surface area contributed by atoms with E-state index in [9.17, 15) is 18.0 Å². The maximum atomic E-state index is 12.6. The number of rotatable bonds is 5. The molecule has 1 rings (SSSR count). The van der Waals surface area contributed by atoms with Crippen molar-refractivity contribution in [2.24, 2.45) is 10.7 Å². The molecule has 0 saturated heterocycles. The van der Waals surface area contributed by atoms with Crippen molar-refractivity contribution in [3.8, 4) is 0 Å². The number of carbonyl (C=O) groups is 1. The molecule has 0 aliphatic heterocycles. The molecule has 0 bridgehead atoms. The Morgan fingerprint density at radius 2 is 2.09 bits per heavy atom. The van der Waals surface area contributed by atoms with E-state index in [0.29, 0.717) is 0 Å². The Morgan fingerprint density at radius 3 is 2.57 bits per heavy atom. The zero-order valence-electron chi connectivity index (χ0n) is 12.6. The molecule has 0 unspecified atom stereocenters. The van der Waals surface area contributed by atoms with Crippen molar-refractivity contribution in [1.82, 2.24) is 5.32 Å². The van der Waals surface area contributed by atoms with E-state index in [1.165, 1.54) is 6.20 Å². The Morgan fingerprint density at radius 1 is 1.43 bits per heavy atom. The summed E-state index contributed by atoms with van der Waals surface area (Å²) in [6.45, 7) is 1.76. The summed E-state index contributed by atoms with van der Waals surface area (Å²) in [6.07, 6.45) is -3.23. The van der Waals surface area contributed by atoms with Gasteiger partial charge in [-0.1, -0.05) is 0 Å². The standard InChI is InChI=1S/C14H17F3N4O2/c1-3-23-13(22)9(7-20-2)12(19)21-11-5-4-8(6-10(11)18)14(15,16)17/h4-7,20H,3,18H2,1-2H3,(H2,19,21)/b9-7+. The average molecular weight is 330 g/mol. The monoisotopic (exact) mass is 330 g/mol. The SMILES string of the molecule is CCOC(=O)/C(=C/NC)C(N)=Nc1ccc(C(F)(F)F)cc1N. The van der Waals surface area contributed by atoms with Gasteiger partial charge in [0.25, 0.3) is 0 Å². The fourth-order valence-corrected chi connectivity index (χ4v) is 1.61. The van der Waals surface area contributed by atoms with Crippen LogP contribution in [0.2, 0.25) is 0 Å². The third-order valence-electron chi connectivity index (χ3n) is 2.66. The van der Waals surface area contributed by atoms with Gasteiger partial charge >= 0.3 is 12.1 Å². The predicted octanol–water partition coefficient (Wildman–Crippen LogP) is 1.94. The van der Waals surface area contributed by atoms with Crippen LogP contribution in [0.3, 0.4) is 0 Å². The molecule has 0 saturated carbocycles. The number of nitrogen functional groups attached to an aromatic ring is 1. The van der Waals surface area contributed by atoms with Crippen molar-refractivity contribution in [1.29, 1.82) is 0 Å². The molecular weight excluding hydrogens is 313 g/mol. The molecule has 9 heteroatoms. The van der Waals surface area contributed by atoms with Gasteiger partial charge in [0.05, 0.1) is 23.5 Å². The molecule has 0 atom stereocenters. The smallest absolute Gasteiger partial charge is 0.416 e. The maximum Gasteiger partial charge on any atom is 0.416 e. The number of aliphatic imine (C=N–C) groups is 1. The van der Waals surface area contributed by atoms with Crippen LogP contribution < -0.4 is 16.8 Å². The van der Waals surface area contributed by atoms with Crippen LogP contribution in [0.1, 0.15) is 12.5 Å². The van der Waals surface area contributed by atoms with E-state index < -0.39 is 17.7 Å². The molecule has 0 spiro atoms. The van der Waals surface area contributed by atoms with E-state index in [0.717, 1.165) is 18.2 Å². The summed E-state index contributed by atoms with van der Waals surface area (Å²) in [5, 5.41) is 2.61. The minimum absolute atomic E-state index is 0.0156. The van der Waals surface area contributed by atoms with Gasteiger partial charge in [0.2, 0.25) is 0 Å². The highest BCUT2D eigenvalue weighted by molar-refractivity contribution is 6.18. The zero-order valence-corrected chi connectivity index (χ0v) is 12.6. The van der Waals surface area contributed by atoms with Gasteiger partial charge in [0, 0.05) is 13.2 Å². The minimum Gasteiger partial charge on any atom is -0.462 e. The summed E-state index contributed by atoms with van der Waals surface area (Å²) >= 11 is 0. The number of amidine groups is 1. The van der Waals surface area contributed by atoms with Gasteiger partial charge in [-0.15, -0.1) is 0 Å². The summed E-state index contributed by atoms with van der Waals surface area (Å²) in [5.41, 5.74) is 10.1. The largest absolute Gasteiger partial charge is 0.462 e. The number of halogens is 3. The molecule has 0 aliphatic rings. The Bertz CT molecular complexity index is 639. The Balaban J connectivity index is 3.18. The summed E-state index contributed by atoms with van der Waals surface area (Å²) in [6, 6.07) is 2.65. The van der Waals surface area contributed by atoms with Crippen LogP contribution in [-0.2, 0) is 15.7 Å². The topological polar surface area (TPSA) is 103 Å². The quantitative estimate of drug-likeness (QED) is 0.252. The second kappa shape index (κ2) is 7.52. The fraction of sp³-hybridized carbons (Fsp3) is 0.286. The van der Waals surface area contributed by atoms with Gasteiger partial charge in [-0.2, -0.15) is 13.2 Å². The van der Waals surface area contributed by atoms with Crippen molar-refractivity contribution in [3.05, 3.63) is 35.5 Å². The molecule has 0 aromatic heterocycles. The summed E-state index contributed by atoms with van der Waals surface area (Å²) in [4.78, 5) is 15.7. The minimum atomic E-state index is -4.51. The van der Waals surface area contributed by atoms with E-state index >= 15 is 0 Å². The Hall–Kier alpha value is -2.71. The number of esters is 1. The fourth-order valence-electron chi connectivity index (χ4n) is 1.61. The lowest BCUT2D eigenvalue weighted by molar-refractivity contribution is -0.138. The highest BCUT2D eigenvalue weighted by Gasteiger charge is 2.30. The van der Waals surface area contributed by atoms with Crippen molar-refractivity contribution < 1.29 is 22.7 Å². The number of hydrogen-bond acceptors (Lipinski definition) is 5. The van der Waals surface area contributed by atoms with Gasteiger partial charge in [-0.05, 0) is 25.1 Å². The number of nitrogens with two attached hydrogens (primary N) is 2. The number of benzene rings is 1. The molecule has 0 radical (unpaired) electrons. The number of nitrogens with zero attached hydrogens (tertiary/aromatic N) is 1. The number of carbonyl (C=O) groups excluding carboxylic acids is 1. The number of nitrogens with one attached hydrogen (secondary N) is 1. The van der Waals surface area contributed by atoms with Crippen molar-refractivity contribution in [2.45, 2.75) is 13.1 Å². The predicted molar refractivity (Wildman–Crippen MR) is 80.9 cm³/mol. The summed E-state index contributed by atoms with van der Waals surface area (Å²) < 4.78 is 42.6. The lowest BCUT2D eigenvalue weighted by Crippen LogP contribution is -2.24. The van der Waals surface area contributed by atoms with E-state index in [1.54, 1.807) is 14.0 Å². The van der Waals surface area contributed by atoms with E-state index in [2.05, 4.69) is 10.3 Å². The molecule has 0 fully saturated rings. The molecule has 1 aromatic rings. The van der Waals surface area contributed by atoms with Gasteiger partial charge in [0.1, 0.15) is 11.4 Å². The van der Waals surface area contributed by atoms with Crippen molar-refractivity contribution in [2.75, 3.05) is 19.4 Å². The molecule has 5 N–H and O–H groups in total. The van der Waals surface area contributed by atoms with Crippen LogP contribution >= 0.6 is 0 Å². The van der Waals surface area contributed by atoms with Crippen LogP contribution in [0, 0.1) is 0 Å². The molecule has 23 heavy (non-hydrogen) atoms. The second-order valence-corrected chi connectivity index (χ2v) is 4.34. The van der Waals surface area contributed by atoms with Gasteiger partial charge < -0.3 is 21.5 Å². The highest BCUT2D eigenvalue weighted by atomic mass is 19.4. The first kappa shape index (κ1) is 18.3. The molecule has 0 aliphatic carbocycles. The lowest BCUT2D eigenvalue weighted by Gasteiger charge is -2.10. The molecule has 0 heterocycles. The number of ether oxygens (including phenoxy) is 1.